The molecule has 21 heavy (non-hydrogen) atoms. The third-order valence-electron chi connectivity index (χ3n) is 3.74. The average Bonchev–Trinajstić information content (AvgIpc) is 2.14. The van der Waals surface area contributed by atoms with Gasteiger partial charge in [0.1, 0.15) is 0 Å². The van der Waals surface area contributed by atoms with Crippen molar-refractivity contribution in [2.45, 2.75) is 114 Å². The highest BCUT2D eigenvalue weighted by Crippen LogP contribution is 2.32. The Kier molecular flexibility index (Phi) is 26.8. The molecule has 0 atom stereocenters. The predicted molar refractivity (Wildman–Crippen MR) is 93.9 cm³/mol. The lowest BCUT2D eigenvalue weighted by atomic mass is 9.79. The largest absolute Gasteiger partial charge is 1.00 e. The summed E-state index contributed by atoms with van der Waals surface area (Å²) in [7, 11) is 0. The molecule has 0 N–H and O–H groups in total. The van der Waals surface area contributed by atoms with Gasteiger partial charge in [0.05, 0.1) is 0 Å². The predicted octanol–water partition coefficient (Wildman–Crippen LogP) is 1.87. The van der Waals surface area contributed by atoms with E-state index >= 15 is 0 Å². The minimum atomic E-state index is 0. The molecule has 0 heterocycles. The third-order valence-corrected chi connectivity index (χ3v) is 3.74. The van der Waals surface area contributed by atoms with E-state index in [-0.39, 0.29) is 39.7 Å². The van der Waals surface area contributed by atoms with Crippen molar-refractivity contribution in [1.29, 1.82) is 0 Å². The first-order chi connectivity index (χ1) is 7.77. The fourth-order valence-corrected chi connectivity index (χ4v) is 2.43. The summed E-state index contributed by atoms with van der Waals surface area (Å²) in [5.41, 5.74) is 1.08. The number of rotatable bonds is 9. The zero-order chi connectivity index (χ0) is 13.4. The molecule has 0 unspecified atom stereocenters. The van der Waals surface area contributed by atoms with E-state index in [4.69, 9.17) is 0 Å². The Labute approximate surface area is 150 Å². The van der Waals surface area contributed by atoms with Gasteiger partial charge >= 0.3 is 0 Å². The van der Waals surface area contributed by atoms with Gasteiger partial charge in [-0.2, -0.15) is 0 Å². The summed E-state index contributed by atoms with van der Waals surface area (Å²) >= 11 is 0. The smallest absolute Gasteiger partial charge is 0.0354 e. The standard InChI is InChI=1S/C17H36.2CH4.2ClH/c1-7-8-9-10-11-14-17(5,6)15-12-13-16(2,3)4;;;;/h7-15H2,1-6H3;2*1H4;2*1H/p-2. The Hall–Kier alpha value is 0.580. The molecule has 0 saturated heterocycles. The van der Waals surface area contributed by atoms with Crippen LogP contribution in [0.15, 0.2) is 0 Å². The summed E-state index contributed by atoms with van der Waals surface area (Å²) < 4.78 is 0. The Bertz CT molecular complexity index is 180. The van der Waals surface area contributed by atoms with Crippen molar-refractivity contribution in [3.63, 3.8) is 0 Å². The van der Waals surface area contributed by atoms with Gasteiger partial charge in [-0.25, -0.2) is 0 Å². The van der Waals surface area contributed by atoms with Gasteiger partial charge < -0.3 is 24.8 Å². The Morgan fingerprint density at radius 3 is 1.43 bits per heavy atom. The van der Waals surface area contributed by atoms with E-state index in [0.717, 1.165) is 0 Å². The van der Waals surface area contributed by atoms with Crippen LogP contribution in [-0.4, -0.2) is 0 Å². The summed E-state index contributed by atoms with van der Waals surface area (Å²) in [5, 5.41) is 0. The van der Waals surface area contributed by atoms with Crippen molar-refractivity contribution in [2.75, 3.05) is 0 Å². The molecule has 0 amide bonds. The van der Waals surface area contributed by atoms with Gasteiger partial charge in [0.2, 0.25) is 0 Å². The quantitative estimate of drug-likeness (QED) is 0.561. The van der Waals surface area contributed by atoms with Crippen LogP contribution in [0.5, 0.6) is 0 Å². The Morgan fingerprint density at radius 1 is 0.571 bits per heavy atom. The second-order valence-corrected chi connectivity index (χ2v) is 7.74. The van der Waals surface area contributed by atoms with Gasteiger partial charge in [0.15, 0.2) is 0 Å². The minimum absolute atomic E-state index is 0. The summed E-state index contributed by atoms with van der Waals surface area (Å²) in [6, 6.07) is 0. The first kappa shape index (κ1) is 33.2. The number of unbranched alkanes of at least 4 members (excludes halogenated alkanes) is 4. The van der Waals surface area contributed by atoms with Crippen molar-refractivity contribution in [2.24, 2.45) is 10.8 Å². The SMILES string of the molecule is C.C.CCCCCCCC(C)(C)CCCC(C)(C)C.[Cl-].[Cl-]. The highest BCUT2D eigenvalue weighted by Gasteiger charge is 2.18. The van der Waals surface area contributed by atoms with E-state index in [1.165, 1.54) is 57.8 Å². The molecule has 0 fully saturated rings. The van der Waals surface area contributed by atoms with Crippen molar-refractivity contribution >= 4 is 0 Å². The number of halogens is 2. The minimum Gasteiger partial charge on any atom is -1.00 e. The molecule has 2 heteroatoms. The molecule has 0 bridgehead atoms. The van der Waals surface area contributed by atoms with Crippen molar-refractivity contribution < 1.29 is 24.8 Å². The van der Waals surface area contributed by atoms with Crippen LogP contribution in [0.4, 0.5) is 0 Å². The van der Waals surface area contributed by atoms with Crippen LogP contribution in [-0.2, 0) is 0 Å². The van der Waals surface area contributed by atoms with E-state index in [9.17, 15) is 0 Å². The summed E-state index contributed by atoms with van der Waals surface area (Å²) in [6.45, 7) is 14.3. The zero-order valence-electron chi connectivity index (χ0n) is 14.1. The molecule has 0 saturated carbocycles. The maximum absolute atomic E-state index is 2.45. The van der Waals surface area contributed by atoms with E-state index < -0.39 is 0 Å². The normalized spacial score (nSPS) is 10.6. The molecule has 0 spiro atoms. The summed E-state index contributed by atoms with van der Waals surface area (Å²) in [6.07, 6.45) is 12.7. The van der Waals surface area contributed by atoms with Gasteiger partial charge in [-0.05, 0) is 30.1 Å². The zero-order valence-corrected chi connectivity index (χ0v) is 15.6. The Balaban J connectivity index is -0.000000213. The lowest BCUT2D eigenvalue weighted by molar-refractivity contribution is -0.001000. The lowest BCUT2D eigenvalue weighted by Crippen LogP contribution is -3.00. The second-order valence-electron chi connectivity index (χ2n) is 7.74. The maximum atomic E-state index is 2.45. The monoisotopic (exact) mass is 342 g/mol. The average molecular weight is 343 g/mol. The molecule has 0 aromatic rings. The van der Waals surface area contributed by atoms with Crippen LogP contribution in [0, 0.1) is 10.8 Å². The molecule has 0 aromatic carbocycles. The first-order valence-electron chi connectivity index (χ1n) is 7.77. The van der Waals surface area contributed by atoms with Gasteiger partial charge in [0, 0.05) is 0 Å². The molecule has 0 aromatic heterocycles. The van der Waals surface area contributed by atoms with Gasteiger partial charge in [-0.1, -0.05) is 94.9 Å². The van der Waals surface area contributed by atoms with Crippen LogP contribution in [0.2, 0.25) is 0 Å². The van der Waals surface area contributed by atoms with E-state index in [1.54, 1.807) is 0 Å². The van der Waals surface area contributed by atoms with E-state index in [2.05, 4.69) is 41.5 Å². The van der Waals surface area contributed by atoms with Crippen LogP contribution >= 0.6 is 0 Å². The van der Waals surface area contributed by atoms with E-state index in [1.807, 2.05) is 0 Å². The van der Waals surface area contributed by atoms with Crippen LogP contribution in [0.25, 0.3) is 0 Å². The molecule has 0 radical (unpaired) electrons. The summed E-state index contributed by atoms with van der Waals surface area (Å²) in [5.74, 6) is 0. The number of hydrogen-bond acceptors (Lipinski definition) is 0. The maximum Gasteiger partial charge on any atom is -0.0354 e. The van der Waals surface area contributed by atoms with Crippen molar-refractivity contribution in [3.05, 3.63) is 0 Å². The number of hydrogen-bond donors (Lipinski definition) is 0. The second kappa shape index (κ2) is 16.9. The van der Waals surface area contributed by atoms with Gasteiger partial charge in [0.25, 0.3) is 0 Å². The van der Waals surface area contributed by atoms with E-state index in [0.29, 0.717) is 10.8 Å². The fourth-order valence-electron chi connectivity index (χ4n) is 2.43. The highest BCUT2D eigenvalue weighted by molar-refractivity contribution is 4.71. The molecule has 0 aliphatic heterocycles. The molecule has 0 aliphatic rings. The third kappa shape index (κ3) is 25.8. The molecule has 0 nitrogen and oxygen atoms in total. The molecule has 136 valence electrons. The lowest BCUT2D eigenvalue weighted by Gasteiger charge is -2.27. The molecule has 0 rings (SSSR count). The molecular weight excluding hydrogens is 299 g/mol. The van der Waals surface area contributed by atoms with Gasteiger partial charge in [-0.3, -0.25) is 0 Å². The fraction of sp³-hybridized carbons (Fsp3) is 1.00. The summed E-state index contributed by atoms with van der Waals surface area (Å²) in [4.78, 5) is 0. The van der Waals surface area contributed by atoms with Crippen LogP contribution in [0.3, 0.4) is 0 Å². The van der Waals surface area contributed by atoms with Crippen molar-refractivity contribution in [3.8, 4) is 0 Å². The highest BCUT2D eigenvalue weighted by atomic mass is 35.5. The molecule has 0 aliphatic carbocycles. The van der Waals surface area contributed by atoms with Gasteiger partial charge in [-0.15, -0.1) is 0 Å². The van der Waals surface area contributed by atoms with Crippen LogP contribution in [0.1, 0.15) is 114 Å². The van der Waals surface area contributed by atoms with Crippen molar-refractivity contribution in [1.82, 2.24) is 0 Å². The Morgan fingerprint density at radius 2 is 1.00 bits per heavy atom. The first-order valence-corrected chi connectivity index (χ1v) is 7.77. The topological polar surface area (TPSA) is 0 Å². The molecular formula is C19H44Cl2-2. The van der Waals surface area contributed by atoms with Crippen LogP contribution < -0.4 is 24.8 Å².